The van der Waals surface area contributed by atoms with Gasteiger partial charge in [0.1, 0.15) is 5.60 Å². The van der Waals surface area contributed by atoms with Crippen LogP contribution in [0.4, 0.5) is 4.79 Å². The number of carbonyl (C=O) groups excluding carboxylic acids is 1. The van der Waals surface area contributed by atoms with E-state index in [9.17, 15) is 4.79 Å². The molecule has 0 radical (unpaired) electrons. The highest BCUT2D eigenvalue weighted by Crippen LogP contribution is 2.18. The molecule has 136 valence electrons. The van der Waals surface area contributed by atoms with E-state index < -0.39 is 5.60 Å². The van der Waals surface area contributed by atoms with Gasteiger partial charge in [0.25, 0.3) is 0 Å². The lowest BCUT2D eigenvalue weighted by molar-refractivity contribution is 0.0193. The van der Waals surface area contributed by atoms with Crippen molar-refractivity contribution in [3.05, 3.63) is 48.0 Å². The van der Waals surface area contributed by atoms with Gasteiger partial charge in [-0.05, 0) is 51.0 Å². The quantitative estimate of drug-likeness (QED) is 0.782. The summed E-state index contributed by atoms with van der Waals surface area (Å²) in [4.78, 5) is 14.1. The lowest BCUT2D eigenvalue weighted by atomic mass is 10.0. The van der Waals surface area contributed by atoms with Gasteiger partial charge in [0, 0.05) is 25.7 Å². The van der Waals surface area contributed by atoms with Gasteiger partial charge >= 0.3 is 6.09 Å². The first-order valence-corrected chi connectivity index (χ1v) is 8.95. The lowest BCUT2D eigenvalue weighted by Crippen LogP contribution is -2.44. The molecule has 1 N–H and O–H groups in total. The molecule has 0 aliphatic carbocycles. The van der Waals surface area contributed by atoms with E-state index in [4.69, 9.17) is 4.74 Å². The van der Waals surface area contributed by atoms with Gasteiger partial charge in [0.2, 0.25) is 0 Å². The molecular weight excluding hydrogens is 312 g/mol. The molecule has 0 bridgehead atoms. The van der Waals surface area contributed by atoms with E-state index in [2.05, 4.69) is 47.8 Å². The molecule has 0 unspecified atom stereocenters. The Morgan fingerprint density at radius 2 is 1.80 bits per heavy atom. The average molecular weight is 342 g/mol. The molecular formula is C21H30N2O2. The second-order valence-corrected chi connectivity index (χ2v) is 7.58. The Balaban J connectivity index is 1.91. The van der Waals surface area contributed by atoms with Gasteiger partial charge in [-0.2, -0.15) is 0 Å². The van der Waals surface area contributed by atoms with Crippen LogP contribution in [0.1, 0.15) is 40.2 Å². The summed E-state index contributed by atoms with van der Waals surface area (Å²) >= 11 is 0. The number of hydrogen-bond donors (Lipinski definition) is 1. The van der Waals surface area contributed by atoms with Crippen LogP contribution >= 0.6 is 0 Å². The van der Waals surface area contributed by atoms with Gasteiger partial charge in [-0.15, -0.1) is 0 Å². The van der Waals surface area contributed by atoms with Crippen LogP contribution in [0.15, 0.2) is 42.5 Å². The van der Waals surface area contributed by atoms with Crippen molar-refractivity contribution >= 4 is 16.9 Å². The van der Waals surface area contributed by atoms with Gasteiger partial charge < -0.3 is 15.0 Å². The third-order valence-corrected chi connectivity index (χ3v) is 3.98. The molecule has 0 fully saturated rings. The first-order chi connectivity index (χ1) is 11.8. The van der Waals surface area contributed by atoms with Crippen molar-refractivity contribution in [3.63, 3.8) is 0 Å². The summed E-state index contributed by atoms with van der Waals surface area (Å²) in [6, 6.07) is 14.9. The number of rotatable bonds is 6. The maximum atomic E-state index is 12.3. The number of ether oxygens (including phenoxy) is 1. The fourth-order valence-corrected chi connectivity index (χ4v) is 2.75. The molecule has 0 aliphatic heterocycles. The van der Waals surface area contributed by atoms with E-state index in [0.717, 1.165) is 13.1 Å². The van der Waals surface area contributed by atoms with Crippen molar-refractivity contribution in [1.29, 1.82) is 0 Å². The topological polar surface area (TPSA) is 41.6 Å². The van der Waals surface area contributed by atoms with Crippen LogP contribution in [0.5, 0.6) is 0 Å². The predicted molar refractivity (Wildman–Crippen MR) is 104 cm³/mol. The Labute approximate surface area is 151 Å². The minimum absolute atomic E-state index is 0.106. The largest absolute Gasteiger partial charge is 0.444 e. The molecule has 1 amide bonds. The number of benzene rings is 2. The second-order valence-electron chi connectivity index (χ2n) is 7.58. The van der Waals surface area contributed by atoms with E-state index in [0.29, 0.717) is 6.54 Å². The van der Waals surface area contributed by atoms with Crippen molar-refractivity contribution in [2.75, 3.05) is 13.1 Å². The Morgan fingerprint density at radius 3 is 2.48 bits per heavy atom. The van der Waals surface area contributed by atoms with E-state index in [1.165, 1.54) is 16.3 Å². The van der Waals surface area contributed by atoms with Crippen LogP contribution < -0.4 is 5.32 Å². The monoisotopic (exact) mass is 342 g/mol. The number of amides is 1. The number of fused-ring (bicyclic) bond motifs is 1. The highest BCUT2D eigenvalue weighted by molar-refractivity contribution is 5.85. The molecule has 2 rings (SSSR count). The summed E-state index contributed by atoms with van der Waals surface area (Å²) in [7, 11) is 0. The van der Waals surface area contributed by atoms with Crippen LogP contribution in [0.25, 0.3) is 10.8 Å². The first kappa shape index (κ1) is 19.3. The zero-order chi connectivity index (χ0) is 18.4. The van der Waals surface area contributed by atoms with Crippen LogP contribution in [-0.4, -0.2) is 35.7 Å². The fraction of sp³-hybridized carbons (Fsp3) is 0.476. The maximum absolute atomic E-state index is 12.3. The van der Waals surface area contributed by atoms with Crippen molar-refractivity contribution in [1.82, 2.24) is 10.2 Å². The van der Waals surface area contributed by atoms with Crippen LogP contribution in [0, 0.1) is 0 Å². The third kappa shape index (κ3) is 5.75. The summed E-state index contributed by atoms with van der Waals surface area (Å²) in [6.07, 6.45) is -0.255. The number of nitrogens with one attached hydrogen (secondary N) is 1. The van der Waals surface area contributed by atoms with Crippen molar-refractivity contribution in [2.45, 2.75) is 52.8 Å². The molecule has 0 aliphatic rings. The van der Waals surface area contributed by atoms with Gasteiger partial charge in [-0.25, -0.2) is 4.79 Å². The van der Waals surface area contributed by atoms with Crippen LogP contribution in [0.3, 0.4) is 0 Å². The smallest absolute Gasteiger partial charge is 0.410 e. The lowest BCUT2D eigenvalue weighted by Gasteiger charge is -2.30. The Kier molecular flexibility index (Phi) is 6.43. The van der Waals surface area contributed by atoms with Crippen molar-refractivity contribution in [2.24, 2.45) is 0 Å². The molecule has 25 heavy (non-hydrogen) atoms. The Morgan fingerprint density at radius 1 is 1.12 bits per heavy atom. The number of hydrogen-bond acceptors (Lipinski definition) is 3. The molecule has 4 nitrogen and oxygen atoms in total. The van der Waals surface area contributed by atoms with Gasteiger partial charge in [-0.3, -0.25) is 0 Å². The molecule has 0 aromatic heterocycles. The zero-order valence-corrected chi connectivity index (χ0v) is 16.0. The number of nitrogens with zero attached hydrogens (tertiary/aromatic N) is 1. The minimum Gasteiger partial charge on any atom is -0.444 e. The summed E-state index contributed by atoms with van der Waals surface area (Å²) < 4.78 is 5.49. The summed E-state index contributed by atoms with van der Waals surface area (Å²) in [5, 5.41) is 5.97. The first-order valence-electron chi connectivity index (χ1n) is 8.95. The van der Waals surface area contributed by atoms with Crippen LogP contribution in [-0.2, 0) is 11.3 Å². The molecule has 4 heteroatoms. The third-order valence-electron chi connectivity index (χ3n) is 3.98. The van der Waals surface area contributed by atoms with Crippen molar-refractivity contribution in [3.8, 4) is 0 Å². The molecule has 0 saturated carbocycles. The van der Waals surface area contributed by atoms with Gasteiger partial charge in [0.15, 0.2) is 0 Å². The van der Waals surface area contributed by atoms with Crippen LogP contribution in [0.2, 0.25) is 0 Å². The molecule has 2 aromatic rings. The molecule has 0 saturated heterocycles. The Bertz CT molecular complexity index is 699. The SMILES string of the molecule is CC(C)N(CCNCc1cccc2ccccc12)C(=O)OC(C)(C)C. The molecule has 0 spiro atoms. The fourth-order valence-electron chi connectivity index (χ4n) is 2.75. The maximum Gasteiger partial charge on any atom is 0.410 e. The minimum atomic E-state index is -0.472. The van der Waals surface area contributed by atoms with E-state index in [1.807, 2.05) is 34.6 Å². The summed E-state index contributed by atoms with van der Waals surface area (Å²) in [5.41, 5.74) is 0.798. The van der Waals surface area contributed by atoms with Crippen molar-refractivity contribution < 1.29 is 9.53 Å². The molecule has 0 atom stereocenters. The second kappa shape index (κ2) is 8.34. The van der Waals surface area contributed by atoms with E-state index in [-0.39, 0.29) is 12.1 Å². The van der Waals surface area contributed by atoms with E-state index >= 15 is 0 Å². The number of carbonyl (C=O) groups is 1. The highest BCUT2D eigenvalue weighted by Gasteiger charge is 2.23. The standard InChI is InChI=1S/C21H30N2O2/c1-16(2)23(20(24)25-21(3,4)5)14-13-22-15-18-11-8-10-17-9-6-7-12-19(17)18/h6-12,16,22H,13-15H2,1-5H3. The summed E-state index contributed by atoms with van der Waals surface area (Å²) in [5.74, 6) is 0. The molecule has 0 heterocycles. The average Bonchev–Trinajstić information content (AvgIpc) is 2.52. The highest BCUT2D eigenvalue weighted by atomic mass is 16.6. The zero-order valence-electron chi connectivity index (χ0n) is 16.0. The summed E-state index contributed by atoms with van der Waals surface area (Å²) in [6.45, 7) is 11.8. The molecule has 2 aromatic carbocycles. The van der Waals surface area contributed by atoms with Gasteiger partial charge in [-0.1, -0.05) is 42.5 Å². The normalized spacial score (nSPS) is 11.8. The predicted octanol–water partition coefficient (Wildman–Crippen LogP) is 4.57. The Hall–Kier alpha value is -2.07. The van der Waals surface area contributed by atoms with Gasteiger partial charge in [0.05, 0.1) is 0 Å². The van der Waals surface area contributed by atoms with E-state index in [1.54, 1.807) is 4.90 Å².